The van der Waals surface area contributed by atoms with Crippen LogP contribution in [0.15, 0.2) is 24.3 Å². The Labute approximate surface area is 162 Å². The Morgan fingerprint density at radius 2 is 1.96 bits per heavy atom. The van der Waals surface area contributed by atoms with Gasteiger partial charge in [0, 0.05) is 39.0 Å². The van der Waals surface area contributed by atoms with E-state index in [0.29, 0.717) is 18.9 Å². The van der Waals surface area contributed by atoms with Crippen molar-refractivity contribution in [2.45, 2.75) is 45.1 Å². The van der Waals surface area contributed by atoms with Gasteiger partial charge in [0.15, 0.2) is 0 Å². The van der Waals surface area contributed by atoms with Gasteiger partial charge in [-0.05, 0) is 49.3 Å². The van der Waals surface area contributed by atoms with E-state index in [4.69, 9.17) is 0 Å². The van der Waals surface area contributed by atoms with Crippen molar-refractivity contribution in [1.82, 2.24) is 15.5 Å². The number of likely N-dealkylation sites (tertiary alicyclic amines) is 1. The van der Waals surface area contributed by atoms with Crippen LogP contribution in [0.1, 0.15) is 49.8 Å². The number of amides is 2. The van der Waals surface area contributed by atoms with Crippen molar-refractivity contribution in [3.05, 3.63) is 35.4 Å². The van der Waals surface area contributed by atoms with Crippen molar-refractivity contribution in [3.63, 3.8) is 0 Å². The second-order valence-electron chi connectivity index (χ2n) is 7.25. The minimum Gasteiger partial charge on any atom is -0.354 e. The minimum absolute atomic E-state index is 0. The number of nitrogens with zero attached hydrogens (tertiary/aromatic N) is 1. The van der Waals surface area contributed by atoms with Crippen LogP contribution in [0, 0.1) is 5.92 Å². The summed E-state index contributed by atoms with van der Waals surface area (Å²) in [5.74, 6) is 0.866. The van der Waals surface area contributed by atoms with E-state index in [0.717, 1.165) is 45.3 Å². The molecule has 1 aromatic carbocycles. The molecule has 0 aromatic heterocycles. The van der Waals surface area contributed by atoms with Gasteiger partial charge in [-0.1, -0.05) is 24.3 Å². The molecule has 26 heavy (non-hydrogen) atoms. The quantitative estimate of drug-likeness (QED) is 0.826. The van der Waals surface area contributed by atoms with E-state index in [1.54, 1.807) is 6.92 Å². The number of nitrogens with one attached hydrogen (secondary N) is 2. The molecule has 2 aliphatic heterocycles. The first-order valence-electron chi connectivity index (χ1n) is 9.47. The van der Waals surface area contributed by atoms with Gasteiger partial charge in [-0.25, -0.2) is 0 Å². The fourth-order valence-electron chi connectivity index (χ4n) is 3.95. The molecule has 3 rings (SSSR count). The first-order valence-corrected chi connectivity index (χ1v) is 9.47. The van der Waals surface area contributed by atoms with Crippen LogP contribution in [0.25, 0.3) is 0 Å². The maximum atomic E-state index is 12.2. The smallest absolute Gasteiger partial charge is 0.220 e. The Morgan fingerprint density at radius 3 is 2.69 bits per heavy atom. The molecule has 1 fully saturated rings. The van der Waals surface area contributed by atoms with Gasteiger partial charge >= 0.3 is 0 Å². The fourth-order valence-corrected chi connectivity index (χ4v) is 3.95. The summed E-state index contributed by atoms with van der Waals surface area (Å²) in [5.41, 5.74) is 2.70. The van der Waals surface area contributed by atoms with Crippen LogP contribution in [0.3, 0.4) is 0 Å². The Bertz CT molecular complexity index is 615. The van der Waals surface area contributed by atoms with E-state index in [1.165, 1.54) is 11.1 Å². The lowest BCUT2D eigenvalue weighted by Gasteiger charge is -2.31. The molecule has 0 saturated carbocycles. The van der Waals surface area contributed by atoms with E-state index in [1.807, 2.05) is 4.90 Å². The highest BCUT2D eigenvalue weighted by atomic mass is 35.5. The van der Waals surface area contributed by atoms with Crippen molar-refractivity contribution >= 4 is 24.2 Å². The van der Waals surface area contributed by atoms with Gasteiger partial charge in [-0.2, -0.15) is 0 Å². The van der Waals surface area contributed by atoms with Gasteiger partial charge in [0.1, 0.15) is 0 Å². The Kier molecular flexibility index (Phi) is 7.91. The molecule has 1 saturated heterocycles. The standard InChI is InChI=1S/C20H29N3O2.ClH/c1-15(24)23-12-9-16(10-13-23)6-7-20(25)22-14-19-18-5-3-2-4-17(18)8-11-21-19;/h2-5,16,19,21H,6-14H2,1H3,(H,22,25);1H. The highest BCUT2D eigenvalue weighted by molar-refractivity contribution is 5.85. The SMILES string of the molecule is CC(=O)N1CCC(CCC(=O)NCC2NCCc3ccccc32)CC1.Cl. The van der Waals surface area contributed by atoms with Gasteiger partial charge in [0.05, 0.1) is 0 Å². The van der Waals surface area contributed by atoms with Gasteiger partial charge in [-0.3, -0.25) is 9.59 Å². The molecular weight excluding hydrogens is 350 g/mol. The monoisotopic (exact) mass is 379 g/mol. The van der Waals surface area contributed by atoms with Crippen LogP contribution < -0.4 is 10.6 Å². The Balaban J connectivity index is 0.00000243. The normalized spacial score (nSPS) is 20.0. The van der Waals surface area contributed by atoms with Crippen LogP contribution in [0.4, 0.5) is 0 Å². The summed E-state index contributed by atoms with van der Waals surface area (Å²) in [6.45, 7) is 4.92. The zero-order valence-corrected chi connectivity index (χ0v) is 16.3. The van der Waals surface area contributed by atoms with E-state index >= 15 is 0 Å². The molecule has 6 heteroatoms. The number of benzene rings is 1. The van der Waals surface area contributed by atoms with Crippen molar-refractivity contribution in [1.29, 1.82) is 0 Å². The second kappa shape index (κ2) is 9.93. The number of halogens is 1. The molecule has 2 aliphatic rings. The van der Waals surface area contributed by atoms with E-state index < -0.39 is 0 Å². The summed E-state index contributed by atoms with van der Waals surface area (Å²) >= 11 is 0. The van der Waals surface area contributed by atoms with Gasteiger partial charge in [-0.15, -0.1) is 12.4 Å². The molecule has 5 nitrogen and oxygen atoms in total. The predicted molar refractivity (Wildman–Crippen MR) is 105 cm³/mol. The number of fused-ring (bicyclic) bond motifs is 1. The third-order valence-electron chi connectivity index (χ3n) is 5.56. The van der Waals surface area contributed by atoms with Gasteiger partial charge in [0.25, 0.3) is 0 Å². The Morgan fingerprint density at radius 1 is 1.23 bits per heavy atom. The first-order chi connectivity index (χ1) is 12.1. The van der Waals surface area contributed by atoms with Crippen LogP contribution in [0.5, 0.6) is 0 Å². The number of carbonyl (C=O) groups is 2. The molecule has 1 aromatic rings. The van der Waals surface area contributed by atoms with Crippen molar-refractivity contribution in [2.24, 2.45) is 5.92 Å². The molecule has 144 valence electrons. The third-order valence-corrected chi connectivity index (χ3v) is 5.56. The summed E-state index contributed by atoms with van der Waals surface area (Å²) < 4.78 is 0. The zero-order chi connectivity index (χ0) is 17.6. The molecule has 2 heterocycles. The molecule has 0 bridgehead atoms. The number of rotatable bonds is 5. The van der Waals surface area contributed by atoms with Crippen LogP contribution >= 0.6 is 12.4 Å². The van der Waals surface area contributed by atoms with Crippen molar-refractivity contribution < 1.29 is 9.59 Å². The highest BCUT2D eigenvalue weighted by Gasteiger charge is 2.22. The van der Waals surface area contributed by atoms with E-state index in [-0.39, 0.29) is 30.3 Å². The maximum absolute atomic E-state index is 12.2. The molecule has 1 unspecified atom stereocenters. The lowest BCUT2D eigenvalue weighted by molar-refractivity contribution is -0.130. The average Bonchev–Trinajstić information content (AvgIpc) is 2.65. The third kappa shape index (κ3) is 5.45. The van der Waals surface area contributed by atoms with Crippen molar-refractivity contribution in [3.8, 4) is 0 Å². The van der Waals surface area contributed by atoms with Crippen LogP contribution in [0.2, 0.25) is 0 Å². The summed E-state index contributed by atoms with van der Waals surface area (Å²) in [7, 11) is 0. The number of carbonyl (C=O) groups excluding carboxylic acids is 2. The minimum atomic E-state index is 0. The molecule has 2 amide bonds. The lowest BCUT2D eigenvalue weighted by atomic mass is 9.92. The summed E-state index contributed by atoms with van der Waals surface area (Å²) in [4.78, 5) is 25.5. The first kappa shape index (κ1) is 20.7. The zero-order valence-electron chi connectivity index (χ0n) is 15.5. The molecule has 0 aliphatic carbocycles. The molecule has 2 N–H and O–H groups in total. The molecular formula is C20H30ClN3O2. The predicted octanol–water partition coefficient (Wildman–Crippen LogP) is 2.45. The topological polar surface area (TPSA) is 61.4 Å². The van der Waals surface area contributed by atoms with Crippen LogP contribution in [-0.2, 0) is 16.0 Å². The number of hydrogen-bond donors (Lipinski definition) is 2. The summed E-state index contributed by atoms with van der Waals surface area (Å²) in [6.07, 6.45) is 4.60. The lowest BCUT2D eigenvalue weighted by Crippen LogP contribution is -2.39. The van der Waals surface area contributed by atoms with Gasteiger partial charge in [0.2, 0.25) is 11.8 Å². The largest absolute Gasteiger partial charge is 0.354 e. The highest BCUT2D eigenvalue weighted by Crippen LogP contribution is 2.23. The summed E-state index contributed by atoms with van der Waals surface area (Å²) in [6, 6.07) is 8.69. The van der Waals surface area contributed by atoms with E-state index in [2.05, 4.69) is 34.9 Å². The second-order valence-corrected chi connectivity index (χ2v) is 7.25. The number of hydrogen-bond acceptors (Lipinski definition) is 3. The van der Waals surface area contributed by atoms with Crippen LogP contribution in [-0.4, -0.2) is 42.9 Å². The molecule has 0 spiro atoms. The summed E-state index contributed by atoms with van der Waals surface area (Å²) in [5, 5.41) is 6.59. The average molecular weight is 380 g/mol. The Hall–Kier alpha value is -1.59. The van der Waals surface area contributed by atoms with Gasteiger partial charge < -0.3 is 15.5 Å². The van der Waals surface area contributed by atoms with Crippen molar-refractivity contribution in [2.75, 3.05) is 26.2 Å². The molecule has 1 atom stereocenters. The maximum Gasteiger partial charge on any atom is 0.220 e. The molecule has 0 radical (unpaired) electrons. The number of piperidine rings is 1. The van der Waals surface area contributed by atoms with E-state index in [9.17, 15) is 9.59 Å². The fraction of sp³-hybridized carbons (Fsp3) is 0.600.